The minimum atomic E-state index is 0. The molecule has 1 aliphatic heterocycles. The van der Waals surface area contributed by atoms with Gasteiger partial charge < -0.3 is 19.0 Å². The average Bonchev–Trinajstić information content (AvgIpc) is 3.60. The van der Waals surface area contributed by atoms with E-state index in [0.29, 0.717) is 19.1 Å². The van der Waals surface area contributed by atoms with Gasteiger partial charge in [-0.15, -0.1) is 12.1 Å². The Hall–Kier alpha value is -1.35. The standard InChI is InChI=1S/C31H45N5O.K/c1-5-9-11-13-15-27(8-4)29-17-20-35(32-29)21-19-31(34-23-25-37-26-24-34)36-22-18-30(33-36)28(14-7-3)16-12-10-6-2;/h7,10,12,14,16-21,27H,5-6,8-9,11,13,15,23-26H2,1-4H3;/q-2;+1/b12-10+,14-7-,28-16+,31-19-;. The van der Waals surface area contributed by atoms with Gasteiger partial charge >= 0.3 is 51.4 Å². The maximum absolute atomic E-state index is 5.61. The van der Waals surface area contributed by atoms with Gasteiger partial charge in [0.05, 0.1) is 18.9 Å². The largest absolute Gasteiger partial charge is 1.00 e. The van der Waals surface area contributed by atoms with E-state index in [4.69, 9.17) is 14.9 Å². The first-order chi connectivity index (χ1) is 18.2. The number of unbranched alkanes of at least 4 members (excludes halogenated alkanes) is 3. The quantitative estimate of drug-likeness (QED) is 0.147. The smallest absolute Gasteiger partial charge is 0.404 e. The monoisotopic (exact) mass is 542 g/mol. The van der Waals surface area contributed by atoms with Crippen LogP contribution in [-0.4, -0.2) is 50.8 Å². The fraction of sp³-hybridized carbons (Fsp3) is 0.516. The third kappa shape index (κ3) is 10.3. The number of morpholine rings is 1. The molecule has 2 aromatic heterocycles. The molecule has 0 radical (unpaired) electrons. The minimum Gasteiger partial charge on any atom is -0.404 e. The van der Waals surface area contributed by atoms with E-state index < -0.39 is 0 Å². The second-order valence-electron chi connectivity index (χ2n) is 9.48. The molecule has 38 heavy (non-hydrogen) atoms. The van der Waals surface area contributed by atoms with E-state index >= 15 is 0 Å². The molecule has 0 N–H and O–H groups in total. The van der Waals surface area contributed by atoms with E-state index in [2.05, 4.69) is 74.5 Å². The fourth-order valence-corrected chi connectivity index (χ4v) is 4.54. The molecule has 0 amide bonds. The summed E-state index contributed by atoms with van der Waals surface area (Å²) in [4.78, 5) is 2.30. The Morgan fingerprint density at radius 1 is 1.16 bits per heavy atom. The van der Waals surface area contributed by atoms with E-state index in [1.807, 2.05) is 35.0 Å². The van der Waals surface area contributed by atoms with Gasteiger partial charge in [0.2, 0.25) is 0 Å². The number of hydrogen-bond donors (Lipinski definition) is 0. The first kappa shape index (κ1) is 32.9. The summed E-state index contributed by atoms with van der Waals surface area (Å²) in [6.45, 7) is 13.8. The van der Waals surface area contributed by atoms with Gasteiger partial charge in [0.15, 0.2) is 0 Å². The molecule has 1 saturated heterocycles. The molecule has 1 aliphatic rings. The van der Waals surface area contributed by atoms with E-state index in [9.17, 15) is 0 Å². The van der Waals surface area contributed by atoms with Crippen molar-refractivity contribution < 1.29 is 56.1 Å². The fourth-order valence-electron chi connectivity index (χ4n) is 4.54. The second kappa shape index (κ2) is 18.8. The molecule has 0 aliphatic carbocycles. The first-order valence-electron chi connectivity index (χ1n) is 14.1. The van der Waals surface area contributed by atoms with Crippen LogP contribution in [0.2, 0.25) is 0 Å². The Labute approximate surface area is 273 Å². The van der Waals surface area contributed by atoms with Crippen LogP contribution in [-0.2, 0) is 4.74 Å². The van der Waals surface area contributed by atoms with Crippen LogP contribution in [0.1, 0.15) is 89.9 Å². The van der Waals surface area contributed by atoms with Crippen LogP contribution in [0, 0.1) is 12.7 Å². The van der Waals surface area contributed by atoms with Crippen molar-refractivity contribution >= 4 is 11.4 Å². The molecule has 2 aromatic rings. The van der Waals surface area contributed by atoms with Gasteiger partial charge in [0.1, 0.15) is 0 Å². The zero-order chi connectivity index (χ0) is 26.3. The predicted octanol–water partition coefficient (Wildman–Crippen LogP) is 4.11. The molecule has 3 heterocycles. The van der Waals surface area contributed by atoms with Crippen LogP contribution < -0.4 is 51.4 Å². The molecule has 1 unspecified atom stereocenters. The Kier molecular flexibility index (Phi) is 16.3. The zero-order valence-corrected chi connectivity index (χ0v) is 27.4. The summed E-state index contributed by atoms with van der Waals surface area (Å²) >= 11 is 0. The Morgan fingerprint density at radius 3 is 2.68 bits per heavy atom. The molecule has 1 fully saturated rings. The summed E-state index contributed by atoms with van der Waals surface area (Å²) in [5, 5.41) is 9.80. The number of ether oxygens (including phenoxy) is 1. The summed E-state index contributed by atoms with van der Waals surface area (Å²) in [6.07, 6.45) is 26.5. The molecule has 0 bridgehead atoms. The summed E-state index contributed by atoms with van der Waals surface area (Å²) in [5.41, 5.74) is 3.15. The second-order valence-corrected chi connectivity index (χ2v) is 9.48. The summed E-state index contributed by atoms with van der Waals surface area (Å²) < 4.78 is 9.38. The van der Waals surface area contributed by atoms with Crippen molar-refractivity contribution in [1.29, 1.82) is 0 Å². The van der Waals surface area contributed by atoms with Crippen molar-refractivity contribution in [2.45, 2.75) is 78.6 Å². The maximum atomic E-state index is 5.61. The summed E-state index contributed by atoms with van der Waals surface area (Å²) in [6, 6.07) is 4.12. The SMILES string of the molecule is C\C=C/C(=C\C=C\CC)c1c[c-]n(/C(=C\[CH-]n2ccc(C(CC)CCCCCC)n2)N2CCOCC2)n1.[K+]. The molecule has 0 spiro atoms. The van der Waals surface area contributed by atoms with Crippen molar-refractivity contribution in [2.24, 2.45) is 0 Å². The van der Waals surface area contributed by atoms with Gasteiger partial charge in [-0.25, -0.2) is 0 Å². The summed E-state index contributed by atoms with van der Waals surface area (Å²) in [5.74, 6) is 1.50. The van der Waals surface area contributed by atoms with E-state index in [1.165, 1.54) is 37.8 Å². The van der Waals surface area contributed by atoms with Crippen LogP contribution in [0.25, 0.3) is 11.4 Å². The number of allylic oxidation sites excluding steroid dienone is 7. The van der Waals surface area contributed by atoms with Crippen LogP contribution >= 0.6 is 0 Å². The number of hydrogen-bond acceptors (Lipinski definition) is 4. The molecule has 6 nitrogen and oxygen atoms in total. The molecule has 7 heteroatoms. The van der Waals surface area contributed by atoms with Gasteiger partial charge in [-0.2, -0.15) is 5.10 Å². The van der Waals surface area contributed by atoms with E-state index in [1.54, 1.807) is 0 Å². The van der Waals surface area contributed by atoms with Gasteiger partial charge in [0, 0.05) is 24.8 Å². The maximum Gasteiger partial charge on any atom is 1.00 e. The van der Waals surface area contributed by atoms with Crippen molar-refractivity contribution in [3.63, 3.8) is 0 Å². The molecular formula is C31H45KN5O-. The van der Waals surface area contributed by atoms with Crippen molar-refractivity contribution in [3.05, 3.63) is 78.9 Å². The third-order valence-electron chi connectivity index (χ3n) is 6.70. The van der Waals surface area contributed by atoms with Crippen molar-refractivity contribution in [2.75, 3.05) is 26.3 Å². The van der Waals surface area contributed by atoms with E-state index in [0.717, 1.165) is 43.0 Å². The third-order valence-corrected chi connectivity index (χ3v) is 6.70. The average molecular weight is 543 g/mol. The number of rotatable bonds is 15. The van der Waals surface area contributed by atoms with Gasteiger partial charge in [-0.05, 0) is 31.9 Å². The zero-order valence-electron chi connectivity index (χ0n) is 24.3. The predicted molar refractivity (Wildman–Crippen MR) is 154 cm³/mol. The number of aromatic nitrogens is 4. The van der Waals surface area contributed by atoms with Crippen LogP contribution in [0.3, 0.4) is 0 Å². The van der Waals surface area contributed by atoms with Crippen molar-refractivity contribution in [3.8, 4) is 0 Å². The Bertz CT molecular complexity index is 1040. The molecule has 1 atom stereocenters. The molecule has 0 aromatic carbocycles. The minimum absolute atomic E-state index is 0. The first-order valence-corrected chi connectivity index (χ1v) is 14.1. The van der Waals surface area contributed by atoms with Gasteiger partial charge in [0.25, 0.3) is 0 Å². The van der Waals surface area contributed by atoms with Gasteiger partial charge in [-0.3, -0.25) is 5.10 Å². The van der Waals surface area contributed by atoms with Crippen LogP contribution in [0.15, 0.2) is 54.8 Å². The van der Waals surface area contributed by atoms with Crippen molar-refractivity contribution in [1.82, 2.24) is 24.5 Å². The molecule has 202 valence electrons. The number of nitrogens with zero attached hydrogens (tertiary/aromatic N) is 5. The molecular weight excluding hydrogens is 497 g/mol. The van der Waals surface area contributed by atoms with Gasteiger partial charge in [-0.1, -0.05) is 107 Å². The normalized spacial score (nSPS) is 15.8. The molecule has 0 saturated carbocycles. The topological polar surface area (TPSA) is 48.1 Å². The van der Waals surface area contributed by atoms with E-state index in [-0.39, 0.29) is 51.4 Å². The summed E-state index contributed by atoms with van der Waals surface area (Å²) in [7, 11) is 0. The Morgan fingerprint density at radius 2 is 1.97 bits per heavy atom. The van der Waals surface area contributed by atoms with Crippen LogP contribution in [0.5, 0.6) is 0 Å². The molecule has 3 rings (SSSR count). The van der Waals surface area contributed by atoms with Crippen LogP contribution in [0.4, 0.5) is 0 Å². The Balaban J connectivity index is 0.00000507.